The summed E-state index contributed by atoms with van der Waals surface area (Å²) in [5, 5.41) is 16.0. The van der Waals surface area contributed by atoms with E-state index in [4.69, 9.17) is 0 Å². The van der Waals surface area contributed by atoms with Gasteiger partial charge in [0.1, 0.15) is 0 Å². The summed E-state index contributed by atoms with van der Waals surface area (Å²) in [6.45, 7) is 2.41. The number of amides is 1. The fourth-order valence-electron chi connectivity index (χ4n) is 1.86. The molecule has 0 spiro atoms. The molecular formula is C12H15N5OS. The summed E-state index contributed by atoms with van der Waals surface area (Å²) in [7, 11) is 0. The number of rotatable bonds is 5. The maximum Gasteiger partial charge on any atom is 0.273 e. The van der Waals surface area contributed by atoms with Crippen LogP contribution in [0, 0.1) is 0 Å². The third kappa shape index (κ3) is 2.82. The highest BCUT2D eigenvalue weighted by molar-refractivity contribution is 7.09. The number of carbonyl (C=O) groups excluding carboxylic acids is 1. The van der Waals surface area contributed by atoms with Crippen molar-refractivity contribution in [3.8, 4) is 0 Å². The van der Waals surface area contributed by atoms with Crippen LogP contribution < -0.4 is 10.6 Å². The molecule has 0 unspecified atom stereocenters. The molecule has 0 aromatic carbocycles. The smallest absolute Gasteiger partial charge is 0.273 e. The molecule has 7 heteroatoms. The van der Waals surface area contributed by atoms with Gasteiger partial charge in [0.2, 0.25) is 0 Å². The minimum Gasteiger partial charge on any atom is -0.350 e. The van der Waals surface area contributed by atoms with Gasteiger partial charge in [-0.05, 0) is 17.9 Å². The normalized spacial score (nSPS) is 15.2. The van der Waals surface area contributed by atoms with Crippen LogP contribution in [0.5, 0.6) is 0 Å². The zero-order valence-electron chi connectivity index (χ0n) is 10.4. The Kier molecular flexibility index (Phi) is 3.56. The van der Waals surface area contributed by atoms with Crippen LogP contribution in [0.3, 0.4) is 0 Å². The second kappa shape index (κ2) is 5.50. The molecule has 0 aliphatic carbocycles. The average molecular weight is 277 g/mol. The maximum atomic E-state index is 11.9. The summed E-state index contributed by atoms with van der Waals surface area (Å²) < 4.78 is 1.75. The Labute approximate surface area is 114 Å². The Morgan fingerprint density at radius 2 is 2.47 bits per heavy atom. The molecule has 1 amide bonds. The second-order valence-corrected chi connectivity index (χ2v) is 5.51. The van der Waals surface area contributed by atoms with Gasteiger partial charge in [-0.2, -0.15) is 0 Å². The van der Waals surface area contributed by atoms with E-state index in [0.29, 0.717) is 18.3 Å². The van der Waals surface area contributed by atoms with E-state index >= 15 is 0 Å². The summed E-state index contributed by atoms with van der Waals surface area (Å²) in [6, 6.07) is 4.41. The minimum absolute atomic E-state index is 0.157. The molecule has 3 rings (SSSR count). The fourth-order valence-corrected chi connectivity index (χ4v) is 2.57. The monoisotopic (exact) mass is 277 g/mol. The number of hydrogen-bond donors (Lipinski definition) is 2. The van der Waals surface area contributed by atoms with E-state index in [-0.39, 0.29) is 5.91 Å². The summed E-state index contributed by atoms with van der Waals surface area (Å²) in [6.07, 6.45) is 2.57. The van der Waals surface area contributed by atoms with E-state index < -0.39 is 0 Å². The fraction of sp³-hybridized carbons (Fsp3) is 0.417. The van der Waals surface area contributed by atoms with Crippen LogP contribution >= 0.6 is 11.3 Å². The quantitative estimate of drug-likeness (QED) is 0.832. The van der Waals surface area contributed by atoms with Crippen molar-refractivity contribution in [2.45, 2.75) is 12.5 Å². The highest BCUT2D eigenvalue weighted by Crippen LogP contribution is 2.10. The Bertz CT molecular complexity index is 546. The van der Waals surface area contributed by atoms with Crippen molar-refractivity contribution < 1.29 is 4.79 Å². The van der Waals surface area contributed by atoms with Crippen LogP contribution in [0.4, 0.5) is 0 Å². The Hall–Kier alpha value is -1.73. The minimum atomic E-state index is -0.157. The molecular weight excluding hydrogens is 262 g/mol. The van der Waals surface area contributed by atoms with Gasteiger partial charge in [-0.25, -0.2) is 4.68 Å². The van der Waals surface area contributed by atoms with Gasteiger partial charge >= 0.3 is 0 Å². The lowest BCUT2D eigenvalue weighted by Crippen LogP contribution is -2.43. The zero-order chi connectivity index (χ0) is 13.1. The van der Waals surface area contributed by atoms with E-state index in [2.05, 4.69) is 27.0 Å². The van der Waals surface area contributed by atoms with Crippen molar-refractivity contribution in [2.75, 3.05) is 19.6 Å². The number of aromatic nitrogens is 3. The zero-order valence-corrected chi connectivity index (χ0v) is 11.2. The topological polar surface area (TPSA) is 71.8 Å². The summed E-state index contributed by atoms with van der Waals surface area (Å²) >= 11 is 1.70. The first-order valence-electron chi connectivity index (χ1n) is 6.26. The van der Waals surface area contributed by atoms with Crippen molar-refractivity contribution in [2.24, 2.45) is 0 Å². The molecule has 1 saturated heterocycles. The molecule has 19 heavy (non-hydrogen) atoms. The lowest BCUT2D eigenvalue weighted by molar-refractivity contribution is 0.0949. The van der Waals surface area contributed by atoms with Crippen LogP contribution in [0.25, 0.3) is 0 Å². The van der Waals surface area contributed by atoms with E-state index in [1.54, 1.807) is 22.2 Å². The number of nitrogens with zero attached hydrogens (tertiary/aromatic N) is 3. The number of nitrogens with one attached hydrogen (secondary N) is 2. The molecule has 100 valence electrons. The Morgan fingerprint density at radius 3 is 3.16 bits per heavy atom. The first-order valence-corrected chi connectivity index (χ1v) is 7.14. The molecule has 0 atom stereocenters. The first-order chi connectivity index (χ1) is 9.33. The van der Waals surface area contributed by atoms with Gasteiger partial charge in [-0.15, -0.1) is 16.4 Å². The highest BCUT2D eigenvalue weighted by atomic mass is 32.1. The molecule has 2 aromatic heterocycles. The van der Waals surface area contributed by atoms with Gasteiger partial charge in [0.25, 0.3) is 5.91 Å². The molecule has 0 radical (unpaired) electrons. The second-order valence-electron chi connectivity index (χ2n) is 4.48. The van der Waals surface area contributed by atoms with Gasteiger partial charge in [-0.1, -0.05) is 11.3 Å². The molecule has 2 aromatic rings. The average Bonchev–Trinajstić information content (AvgIpc) is 2.97. The van der Waals surface area contributed by atoms with Crippen LogP contribution in [0.15, 0.2) is 23.7 Å². The van der Waals surface area contributed by atoms with E-state index in [0.717, 1.165) is 19.5 Å². The molecule has 1 fully saturated rings. The molecule has 3 heterocycles. The van der Waals surface area contributed by atoms with Gasteiger partial charge in [0.05, 0.1) is 12.2 Å². The predicted octanol–water partition coefficient (Wildman–Crippen LogP) is 0.456. The largest absolute Gasteiger partial charge is 0.350 e. The van der Waals surface area contributed by atoms with Crippen LogP contribution in [0.1, 0.15) is 21.4 Å². The number of thiophene rings is 1. The van der Waals surface area contributed by atoms with E-state index in [9.17, 15) is 4.79 Å². The number of hydrogen-bond acceptors (Lipinski definition) is 5. The van der Waals surface area contributed by atoms with Crippen molar-refractivity contribution in [1.82, 2.24) is 25.6 Å². The van der Waals surface area contributed by atoms with Crippen molar-refractivity contribution in [3.05, 3.63) is 34.3 Å². The molecule has 0 bridgehead atoms. The van der Waals surface area contributed by atoms with Gasteiger partial charge < -0.3 is 10.6 Å². The van der Waals surface area contributed by atoms with Crippen LogP contribution in [-0.4, -0.2) is 40.5 Å². The third-order valence-electron chi connectivity index (χ3n) is 3.11. The Morgan fingerprint density at radius 1 is 1.58 bits per heavy atom. The molecule has 6 nitrogen and oxygen atoms in total. The first kappa shape index (κ1) is 12.3. The maximum absolute atomic E-state index is 11.9. The summed E-state index contributed by atoms with van der Waals surface area (Å²) in [4.78, 5) is 13.1. The molecule has 2 N–H and O–H groups in total. The van der Waals surface area contributed by atoms with Crippen LogP contribution in [0.2, 0.25) is 0 Å². The Balaban J connectivity index is 1.50. The third-order valence-corrected chi connectivity index (χ3v) is 4.05. The van der Waals surface area contributed by atoms with Crippen LogP contribution in [-0.2, 0) is 6.42 Å². The lowest BCUT2D eigenvalue weighted by Gasteiger charge is -2.26. The van der Waals surface area contributed by atoms with Crippen molar-refractivity contribution >= 4 is 17.2 Å². The van der Waals surface area contributed by atoms with Gasteiger partial charge in [0.15, 0.2) is 5.69 Å². The van der Waals surface area contributed by atoms with Crippen molar-refractivity contribution in [3.63, 3.8) is 0 Å². The van der Waals surface area contributed by atoms with Gasteiger partial charge in [-0.3, -0.25) is 4.79 Å². The van der Waals surface area contributed by atoms with Crippen molar-refractivity contribution in [1.29, 1.82) is 0 Å². The summed E-state index contributed by atoms with van der Waals surface area (Å²) in [5.74, 6) is -0.157. The molecule has 0 saturated carbocycles. The SMILES string of the molecule is O=C(NCCc1cccs1)c1cn(C2CNC2)nn1. The van der Waals surface area contributed by atoms with Gasteiger partial charge in [0, 0.05) is 24.5 Å². The molecule has 1 aliphatic heterocycles. The molecule has 1 aliphatic rings. The standard InChI is InChI=1S/C12H15N5OS/c18-12(14-4-3-10-2-1-5-19-10)11-8-17(16-15-11)9-6-13-7-9/h1-2,5,8-9,13H,3-4,6-7H2,(H,14,18). The van der Waals surface area contributed by atoms with E-state index in [1.165, 1.54) is 4.88 Å². The lowest BCUT2D eigenvalue weighted by atomic mass is 10.2. The predicted molar refractivity (Wildman–Crippen MR) is 72.3 cm³/mol. The summed E-state index contributed by atoms with van der Waals surface area (Å²) in [5.41, 5.74) is 0.387. The van der Waals surface area contributed by atoms with E-state index in [1.807, 2.05) is 11.4 Å². The number of carbonyl (C=O) groups is 1. The highest BCUT2D eigenvalue weighted by Gasteiger charge is 2.21.